The van der Waals surface area contributed by atoms with Gasteiger partial charge in [0.15, 0.2) is 0 Å². The maximum atomic E-state index is 9.23. The fourth-order valence-corrected chi connectivity index (χ4v) is 1.49. The fraction of sp³-hybridized carbons (Fsp3) is 0.273. The Hall–Kier alpha value is -2.04. The molecule has 0 spiro atoms. The molecule has 5 heteroatoms. The van der Waals surface area contributed by atoms with E-state index in [1.165, 1.54) is 0 Å². The molecule has 0 atom stereocenters. The van der Waals surface area contributed by atoms with E-state index in [2.05, 4.69) is 10.2 Å². The lowest BCUT2D eigenvalue weighted by Crippen LogP contribution is -2.19. The average Bonchev–Trinajstić information content (AvgIpc) is 2.66. The van der Waals surface area contributed by atoms with Gasteiger partial charge in [-0.2, -0.15) is 0 Å². The third kappa shape index (κ3) is 1.71. The Kier molecular flexibility index (Phi) is 2.30. The summed E-state index contributed by atoms with van der Waals surface area (Å²) in [5, 5.41) is 16.7. The predicted molar refractivity (Wildman–Crippen MR) is 58.9 cm³/mol. The number of nitrogens with two attached hydrogens (primary N) is 1. The SMILES string of the molecule is CC(C)(c1ccc(O)cc1)c1nnc(N)o1. The van der Waals surface area contributed by atoms with Gasteiger partial charge in [0.05, 0.1) is 5.41 Å². The lowest BCUT2D eigenvalue weighted by atomic mass is 9.84. The van der Waals surface area contributed by atoms with Gasteiger partial charge in [0.2, 0.25) is 5.89 Å². The Morgan fingerprint density at radius 3 is 2.31 bits per heavy atom. The highest BCUT2D eigenvalue weighted by molar-refractivity contribution is 5.34. The number of hydrogen-bond donors (Lipinski definition) is 2. The van der Waals surface area contributed by atoms with Gasteiger partial charge in [-0.1, -0.05) is 17.2 Å². The second-order valence-corrected chi connectivity index (χ2v) is 4.12. The molecule has 0 radical (unpaired) electrons. The van der Waals surface area contributed by atoms with Crippen LogP contribution in [0.3, 0.4) is 0 Å². The van der Waals surface area contributed by atoms with Crippen molar-refractivity contribution in [2.75, 3.05) is 5.73 Å². The molecule has 0 aliphatic carbocycles. The summed E-state index contributed by atoms with van der Waals surface area (Å²) in [4.78, 5) is 0. The summed E-state index contributed by atoms with van der Waals surface area (Å²) in [5.74, 6) is 0.681. The molecule has 1 aromatic heterocycles. The van der Waals surface area contributed by atoms with Gasteiger partial charge in [0.25, 0.3) is 0 Å². The number of hydrogen-bond acceptors (Lipinski definition) is 5. The third-order valence-corrected chi connectivity index (χ3v) is 2.56. The topological polar surface area (TPSA) is 85.2 Å². The van der Waals surface area contributed by atoms with E-state index in [-0.39, 0.29) is 11.8 Å². The Balaban J connectivity index is 2.42. The number of aromatic nitrogens is 2. The van der Waals surface area contributed by atoms with E-state index in [1.807, 2.05) is 26.0 Å². The van der Waals surface area contributed by atoms with Crippen molar-refractivity contribution in [3.05, 3.63) is 35.7 Å². The van der Waals surface area contributed by atoms with Gasteiger partial charge in [0, 0.05) is 0 Å². The van der Waals surface area contributed by atoms with Crippen LogP contribution in [-0.2, 0) is 5.41 Å². The van der Waals surface area contributed by atoms with Crippen LogP contribution in [0.5, 0.6) is 5.75 Å². The second kappa shape index (κ2) is 3.52. The molecule has 2 rings (SSSR count). The maximum absolute atomic E-state index is 9.23. The van der Waals surface area contributed by atoms with Crippen molar-refractivity contribution in [2.24, 2.45) is 0 Å². The summed E-state index contributed by atoms with van der Waals surface area (Å²) in [6, 6.07) is 6.93. The Bertz CT molecular complexity index is 488. The smallest absolute Gasteiger partial charge is 0.312 e. The standard InChI is InChI=1S/C11H13N3O2/c1-11(2,9-13-14-10(12)16-9)7-3-5-8(15)6-4-7/h3-6,15H,1-2H3,(H2,12,14). The second-order valence-electron chi connectivity index (χ2n) is 4.12. The van der Waals surface area contributed by atoms with E-state index in [0.717, 1.165) is 5.56 Å². The number of benzene rings is 1. The molecular weight excluding hydrogens is 206 g/mol. The zero-order chi connectivity index (χ0) is 11.8. The number of anilines is 1. The van der Waals surface area contributed by atoms with E-state index in [4.69, 9.17) is 10.2 Å². The molecular formula is C11H13N3O2. The predicted octanol–water partition coefficient (Wildman–Crippen LogP) is 1.68. The first-order valence-corrected chi connectivity index (χ1v) is 4.89. The highest BCUT2D eigenvalue weighted by Crippen LogP contribution is 2.31. The van der Waals surface area contributed by atoms with Gasteiger partial charge in [0.1, 0.15) is 5.75 Å². The van der Waals surface area contributed by atoms with Gasteiger partial charge >= 0.3 is 6.01 Å². The molecule has 0 unspecified atom stereocenters. The van der Waals surface area contributed by atoms with Gasteiger partial charge in [-0.15, -0.1) is 5.10 Å². The summed E-state index contributed by atoms with van der Waals surface area (Å²) in [6.07, 6.45) is 0. The van der Waals surface area contributed by atoms with E-state index >= 15 is 0 Å². The van der Waals surface area contributed by atoms with Crippen LogP contribution >= 0.6 is 0 Å². The molecule has 0 saturated heterocycles. The van der Waals surface area contributed by atoms with Crippen LogP contribution in [0.15, 0.2) is 28.7 Å². The zero-order valence-corrected chi connectivity index (χ0v) is 9.14. The quantitative estimate of drug-likeness (QED) is 0.802. The van der Waals surface area contributed by atoms with E-state index in [1.54, 1.807) is 12.1 Å². The summed E-state index contributed by atoms with van der Waals surface area (Å²) in [6.45, 7) is 3.90. The number of phenolic OH excluding ortho intramolecular Hbond substituents is 1. The first kappa shape index (κ1) is 10.5. The van der Waals surface area contributed by atoms with Crippen LogP contribution in [0, 0.1) is 0 Å². The molecule has 0 bridgehead atoms. The molecule has 0 amide bonds. The maximum Gasteiger partial charge on any atom is 0.312 e. The molecule has 0 fully saturated rings. The normalized spacial score (nSPS) is 11.6. The zero-order valence-electron chi connectivity index (χ0n) is 9.14. The van der Waals surface area contributed by atoms with Crippen molar-refractivity contribution in [3.63, 3.8) is 0 Å². The molecule has 1 aromatic carbocycles. The molecule has 84 valence electrons. The Labute approximate surface area is 92.9 Å². The molecule has 3 N–H and O–H groups in total. The third-order valence-electron chi connectivity index (χ3n) is 2.56. The van der Waals surface area contributed by atoms with Gasteiger partial charge in [-0.05, 0) is 31.5 Å². The van der Waals surface area contributed by atoms with Gasteiger partial charge < -0.3 is 15.3 Å². The minimum absolute atomic E-state index is 0.0573. The Morgan fingerprint density at radius 1 is 1.19 bits per heavy atom. The van der Waals surface area contributed by atoms with Crippen LogP contribution in [0.2, 0.25) is 0 Å². The number of nitrogens with zero attached hydrogens (tertiary/aromatic N) is 2. The summed E-state index contributed by atoms with van der Waals surface area (Å²) in [5.41, 5.74) is 5.93. The van der Waals surface area contributed by atoms with Crippen LogP contribution in [0.25, 0.3) is 0 Å². The monoisotopic (exact) mass is 219 g/mol. The Morgan fingerprint density at radius 2 is 1.81 bits per heavy atom. The average molecular weight is 219 g/mol. The number of rotatable bonds is 2. The van der Waals surface area contributed by atoms with E-state index in [0.29, 0.717) is 5.89 Å². The minimum Gasteiger partial charge on any atom is -0.508 e. The lowest BCUT2D eigenvalue weighted by Gasteiger charge is -2.20. The van der Waals surface area contributed by atoms with Crippen molar-refractivity contribution < 1.29 is 9.52 Å². The summed E-state index contributed by atoms with van der Waals surface area (Å²) in [7, 11) is 0. The van der Waals surface area contributed by atoms with Crippen LogP contribution in [0.4, 0.5) is 6.01 Å². The van der Waals surface area contributed by atoms with Crippen LogP contribution in [0.1, 0.15) is 25.3 Å². The lowest BCUT2D eigenvalue weighted by molar-refractivity contribution is 0.421. The largest absolute Gasteiger partial charge is 0.508 e. The van der Waals surface area contributed by atoms with Crippen molar-refractivity contribution in [1.29, 1.82) is 0 Å². The first-order chi connectivity index (χ1) is 7.50. The highest BCUT2D eigenvalue weighted by atomic mass is 16.4. The molecule has 16 heavy (non-hydrogen) atoms. The molecule has 0 saturated carbocycles. The van der Waals surface area contributed by atoms with Gasteiger partial charge in [-0.3, -0.25) is 0 Å². The first-order valence-electron chi connectivity index (χ1n) is 4.89. The van der Waals surface area contributed by atoms with E-state index < -0.39 is 5.41 Å². The van der Waals surface area contributed by atoms with Gasteiger partial charge in [-0.25, -0.2) is 0 Å². The summed E-state index contributed by atoms with van der Waals surface area (Å²) >= 11 is 0. The number of phenols is 1. The molecule has 2 aromatic rings. The van der Waals surface area contributed by atoms with Crippen molar-refractivity contribution in [2.45, 2.75) is 19.3 Å². The molecule has 5 nitrogen and oxygen atoms in total. The van der Waals surface area contributed by atoms with Crippen LogP contribution < -0.4 is 5.73 Å². The van der Waals surface area contributed by atoms with E-state index in [9.17, 15) is 5.11 Å². The number of aromatic hydroxyl groups is 1. The molecule has 0 aliphatic rings. The minimum atomic E-state index is -0.432. The summed E-state index contributed by atoms with van der Waals surface area (Å²) < 4.78 is 5.23. The van der Waals surface area contributed by atoms with Crippen molar-refractivity contribution in [3.8, 4) is 5.75 Å². The van der Waals surface area contributed by atoms with Crippen molar-refractivity contribution >= 4 is 6.01 Å². The number of nitrogen functional groups attached to an aromatic ring is 1. The molecule has 0 aliphatic heterocycles. The van der Waals surface area contributed by atoms with Crippen molar-refractivity contribution in [1.82, 2.24) is 10.2 Å². The van der Waals surface area contributed by atoms with Crippen LogP contribution in [-0.4, -0.2) is 15.3 Å². The highest BCUT2D eigenvalue weighted by Gasteiger charge is 2.29. The molecule has 1 heterocycles. The fourth-order valence-electron chi connectivity index (χ4n) is 1.49.